The van der Waals surface area contributed by atoms with Gasteiger partial charge in [-0.3, -0.25) is 14.6 Å². The lowest BCUT2D eigenvalue weighted by Crippen LogP contribution is -2.48. The molecule has 5 nitrogen and oxygen atoms in total. The molecule has 3 rings (SSSR count). The van der Waals surface area contributed by atoms with Crippen LogP contribution in [-0.2, 0) is 16.8 Å². The molecule has 0 aromatic heterocycles. The van der Waals surface area contributed by atoms with E-state index in [1.807, 2.05) is 24.3 Å². The van der Waals surface area contributed by atoms with Crippen molar-refractivity contribution < 1.29 is 4.79 Å². The molecule has 1 amide bonds. The second-order valence-electron chi connectivity index (χ2n) is 8.84. The first kappa shape index (κ1) is 22.5. The van der Waals surface area contributed by atoms with Gasteiger partial charge in [-0.2, -0.15) is 5.10 Å². The lowest BCUT2D eigenvalue weighted by Gasteiger charge is -2.34. The monoisotopic (exact) mass is 426 g/mol. The van der Waals surface area contributed by atoms with Crippen LogP contribution in [0.15, 0.2) is 53.6 Å². The Kier molecular flexibility index (Phi) is 7.64. The van der Waals surface area contributed by atoms with Gasteiger partial charge < -0.3 is 0 Å². The fraction of sp³-hybridized carbons (Fsp3) is 0.417. The summed E-state index contributed by atoms with van der Waals surface area (Å²) in [5, 5.41) is 4.87. The lowest BCUT2D eigenvalue weighted by atomic mass is 9.87. The zero-order valence-corrected chi connectivity index (χ0v) is 18.8. The fourth-order valence-electron chi connectivity index (χ4n) is 3.44. The molecule has 1 saturated heterocycles. The van der Waals surface area contributed by atoms with Gasteiger partial charge in [0, 0.05) is 37.7 Å². The van der Waals surface area contributed by atoms with Gasteiger partial charge in [0.1, 0.15) is 0 Å². The predicted molar refractivity (Wildman–Crippen MR) is 124 cm³/mol. The van der Waals surface area contributed by atoms with Crippen LogP contribution in [0.2, 0.25) is 5.02 Å². The van der Waals surface area contributed by atoms with Gasteiger partial charge >= 0.3 is 0 Å². The summed E-state index contributed by atoms with van der Waals surface area (Å²) in [5.74, 6) is -0.0799. The highest BCUT2D eigenvalue weighted by molar-refractivity contribution is 6.30. The van der Waals surface area contributed by atoms with Gasteiger partial charge in [0.05, 0.1) is 12.8 Å². The number of carbonyl (C=O) groups is 1. The molecule has 1 heterocycles. The molecular formula is C24H31ClN4O. The summed E-state index contributed by atoms with van der Waals surface area (Å²) in [6, 6.07) is 16.2. The Labute approximate surface area is 184 Å². The van der Waals surface area contributed by atoms with E-state index in [2.05, 4.69) is 65.4 Å². The van der Waals surface area contributed by atoms with Crippen molar-refractivity contribution in [2.45, 2.75) is 32.7 Å². The molecule has 1 fully saturated rings. The lowest BCUT2D eigenvalue weighted by molar-refractivity contribution is -0.122. The van der Waals surface area contributed by atoms with E-state index < -0.39 is 0 Å². The van der Waals surface area contributed by atoms with Crippen LogP contribution in [0, 0.1) is 0 Å². The van der Waals surface area contributed by atoms with Gasteiger partial charge in [0.15, 0.2) is 0 Å². The molecule has 2 aromatic rings. The standard InChI is InChI=1S/C24H31ClN4O/c1-24(2,3)21-8-4-19(5-9-21)16-26-27-23(30)18-29-14-12-28(13-15-29)17-20-6-10-22(25)11-7-20/h4-11,16H,12-15,17-18H2,1-3H3,(H,27,30)/b26-16-. The van der Waals surface area contributed by atoms with Crippen LogP contribution in [0.5, 0.6) is 0 Å². The quantitative estimate of drug-likeness (QED) is 0.562. The number of hydrogen-bond donors (Lipinski definition) is 1. The normalized spacial score (nSPS) is 16.1. The van der Waals surface area contributed by atoms with Crippen molar-refractivity contribution in [2.24, 2.45) is 5.10 Å². The maximum Gasteiger partial charge on any atom is 0.254 e. The Morgan fingerprint density at radius 1 is 1.00 bits per heavy atom. The predicted octanol–water partition coefficient (Wildman–Crippen LogP) is 3.91. The van der Waals surface area contributed by atoms with E-state index in [1.54, 1.807) is 6.21 Å². The largest absolute Gasteiger partial charge is 0.297 e. The molecule has 1 aliphatic heterocycles. The minimum absolute atomic E-state index is 0.0799. The number of carbonyl (C=O) groups excluding carboxylic acids is 1. The van der Waals surface area contributed by atoms with E-state index >= 15 is 0 Å². The summed E-state index contributed by atoms with van der Waals surface area (Å²) in [4.78, 5) is 16.8. The van der Waals surface area contributed by atoms with Gasteiger partial charge in [0.2, 0.25) is 0 Å². The van der Waals surface area contributed by atoms with Gasteiger partial charge in [0.25, 0.3) is 5.91 Å². The Bertz CT molecular complexity index is 848. The van der Waals surface area contributed by atoms with E-state index in [4.69, 9.17) is 11.6 Å². The highest BCUT2D eigenvalue weighted by atomic mass is 35.5. The Morgan fingerprint density at radius 2 is 1.60 bits per heavy atom. The van der Waals surface area contributed by atoms with E-state index in [-0.39, 0.29) is 11.3 Å². The van der Waals surface area contributed by atoms with Gasteiger partial charge in [-0.05, 0) is 34.2 Å². The molecule has 0 bridgehead atoms. The number of nitrogens with one attached hydrogen (secondary N) is 1. The van der Waals surface area contributed by atoms with Crippen molar-refractivity contribution in [3.05, 3.63) is 70.2 Å². The third-order valence-electron chi connectivity index (χ3n) is 5.33. The van der Waals surface area contributed by atoms with Crippen molar-refractivity contribution in [1.29, 1.82) is 0 Å². The molecule has 1 aliphatic rings. The summed E-state index contributed by atoms with van der Waals surface area (Å²) in [5.41, 5.74) is 6.28. The second-order valence-corrected chi connectivity index (χ2v) is 9.28. The molecule has 160 valence electrons. The molecule has 6 heteroatoms. The number of halogens is 1. The molecule has 30 heavy (non-hydrogen) atoms. The molecule has 1 N–H and O–H groups in total. The van der Waals surface area contributed by atoms with Crippen LogP contribution in [0.3, 0.4) is 0 Å². The van der Waals surface area contributed by atoms with Crippen LogP contribution >= 0.6 is 11.6 Å². The third-order valence-corrected chi connectivity index (χ3v) is 5.58. The van der Waals surface area contributed by atoms with Gasteiger partial charge in [-0.1, -0.05) is 68.8 Å². The average Bonchev–Trinajstić information content (AvgIpc) is 2.71. The topological polar surface area (TPSA) is 47.9 Å². The van der Waals surface area contributed by atoms with Crippen LogP contribution in [-0.4, -0.2) is 54.6 Å². The van der Waals surface area contributed by atoms with E-state index in [0.29, 0.717) is 6.54 Å². The summed E-state index contributed by atoms with van der Waals surface area (Å²) in [7, 11) is 0. The van der Waals surface area contributed by atoms with Crippen LogP contribution in [0.4, 0.5) is 0 Å². The molecule has 0 spiro atoms. The third kappa shape index (κ3) is 6.94. The van der Waals surface area contributed by atoms with Crippen molar-refractivity contribution in [3.63, 3.8) is 0 Å². The highest BCUT2D eigenvalue weighted by Crippen LogP contribution is 2.21. The van der Waals surface area contributed by atoms with E-state index in [1.165, 1.54) is 11.1 Å². The SMILES string of the molecule is CC(C)(C)c1ccc(/C=N\NC(=O)CN2CCN(Cc3ccc(Cl)cc3)CC2)cc1. The number of piperazine rings is 1. The molecular weight excluding hydrogens is 396 g/mol. The van der Waals surface area contributed by atoms with Crippen molar-refractivity contribution >= 4 is 23.7 Å². The first-order chi connectivity index (χ1) is 14.3. The molecule has 2 aromatic carbocycles. The van der Waals surface area contributed by atoms with Crippen LogP contribution in [0.1, 0.15) is 37.5 Å². The van der Waals surface area contributed by atoms with Crippen LogP contribution in [0.25, 0.3) is 0 Å². The molecule has 0 aliphatic carbocycles. The van der Waals surface area contributed by atoms with Gasteiger partial charge in [-0.25, -0.2) is 5.43 Å². The Balaban J connectivity index is 1.38. The van der Waals surface area contributed by atoms with Crippen molar-refractivity contribution in [1.82, 2.24) is 15.2 Å². The first-order valence-electron chi connectivity index (χ1n) is 10.4. The number of amides is 1. The number of hydrogen-bond acceptors (Lipinski definition) is 4. The fourth-order valence-corrected chi connectivity index (χ4v) is 3.57. The second kappa shape index (κ2) is 10.2. The van der Waals surface area contributed by atoms with Gasteiger partial charge in [-0.15, -0.1) is 0 Å². The maximum atomic E-state index is 12.2. The zero-order valence-electron chi connectivity index (χ0n) is 18.1. The van der Waals surface area contributed by atoms with E-state index in [0.717, 1.165) is 43.3 Å². The Morgan fingerprint density at radius 3 is 2.20 bits per heavy atom. The summed E-state index contributed by atoms with van der Waals surface area (Å²) in [6.45, 7) is 11.5. The summed E-state index contributed by atoms with van der Waals surface area (Å²) >= 11 is 5.95. The number of rotatable bonds is 6. The molecule has 0 saturated carbocycles. The minimum Gasteiger partial charge on any atom is -0.297 e. The molecule has 0 atom stereocenters. The zero-order chi connectivity index (χ0) is 21.6. The van der Waals surface area contributed by atoms with Crippen molar-refractivity contribution in [3.8, 4) is 0 Å². The minimum atomic E-state index is -0.0799. The maximum absolute atomic E-state index is 12.2. The molecule has 0 unspecified atom stereocenters. The highest BCUT2D eigenvalue weighted by Gasteiger charge is 2.19. The Hall–Kier alpha value is -2.21. The van der Waals surface area contributed by atoms with Crippen LogP contribution < -0.4 is 5.43 Å². The summed E-state index contributed by atoms with van der Waals surface area (Å²) in [6.07, 6.45) is 1.69. The van der Waals surface area contributed by atoms with E-state index in [9.17, 15) is 4.79 Å². The number of benzene rings is 2. The smallest absolute Gasteiger partial charge is 0.254 e. The summed E-state index contributed by atoms with van der Waals surface area (Å²) < 4.78 is 0. The van der Waals surface area contributed by atoms with Crippen molar-refractivity contribution in [2.75, 3.05) is 32.7 Å². The molecule has 0 radical (unpaired) electrons. The number of hydrazone groups is 1. The first-order valence-corrected chi connectivity index (χ1v) is 10.8. The number of nitrogens with zero attached hydrogens (tertiary/aromatic N) is 3. The average molecular weight is 427 g/mol.